The molecule has 0 saturated carbocycles. The van der Waals surface area contributed by atoms with E-state index in [0.717, 1.165) is 17.7 Å². The Bertz CT molecular complexity index is 394. The van der Waals surface area contributed by atoms with Gasteiger partial charge in [-0.05, 0) is 0 Å². The van der Waals surface area contributed by atoms with Gasteiger partial charge in [0.15, 0.2) is 0 Å². The SMILES string of the molecule is CC1CCCC(=O)/C=C(/c2ccccc2)[Se]1. The third-order valence-electron chi connectivity index (χ3n) is 2.71. The van der Waals surface area contributed by atoms with E-state index in [2.05, 4.69) is 19.1 Å². The van der Waals surface area contributed by atoms with Crippen molar-refractivity contribution >= 4 is 25.2 Å². The van der Waals surface area contributed by atoms with E-state index < -0.39 is 0 Å². The molecule has 1 aromatic rings. The van der Waals surface area contributed by atoms with Crippen LogP contribution in [0.3, 0.4) is 0 Å². The van der Waals surface area contributed by atoms with Gasteiger partial charge in [-0.1, -0.05) is 0 Å². The van der Waals surface area contributed by atoms with E-state index in [9.17, 15) is 4.79 Å². The Labute approximate surface area is 103 Å². The number of hydrogen-bond donors (Lipinski definition) is 0. The third kappa shape index (κ3) is 3.07. The first kappa shape index (κ1) is 11.6. The van der Waals surface area contributed by atoms with Crippen molar-refractivity contribution in [2.75, 3.05) is 0 Å². The van der Waals surface area contributed by atoms with E-state index in [1.165, 1.54) is 16.5 Å². The maximum atomic E-state index is 11.7. The van der Waals surface area contributed by atoms with Crippen molar-refractivity contribution in [3.05, 3.63) is 42.0 Å². The second kappa shape index (κ2) is 5.47. The summed E-state index contributed by atoms with van der Waals surface area (Å²) in [7, 11) is 0. The number of ketones is 1. The van der Waals surface area contributed by atoms with Gasteiger partial charge >= 0.3 is 103 Å². The fourth-order valence-electron chi connectivity index (χ4n) is 1.85. The van der Waals surface area contributed by atoms with Crippen molar-refractivity contribution in [1.29, 1.82) is 0 Å². The minimum atomic E-state index is 0.299. The summed E-state index contributed by atoms with van der Waals surface area (Å²) in [6.07, 6.45) is 4.85. The molecule has 1 aliphatic rings. The summed E-state index contributed by atoms with van der Waals surface area (Å²) in [6.45, 7) is 2.30. The molecule has 0 saturated heterocycles. The van der Waals surface area contributed by atoms with E-state index >= 15 is 0 Å². The molecule has 1 atom stereocenters. The van der Waals surface area contributed by atoms with Crippen LogP contribution in [0, 0.1) is 0 Å². The van der Waals surface area contributed by atoms with E-state index in [4.69, 9.17) is 0 Å². The van der Waals surface area contributed by atoms with Gasteiger partial charge in [-0.25, -0.2) is 0 Å². The molecule has 16 heavy (non-hydrogen) atoms. The maximum absolute atomic E-state index is 11.7. The van der Waals surface area contributed by atoms with Gasteiger partial charge in [-0.2, -0.15) is 0 Å². The van der Waals surface area contributed by atoms with Crippen LogP contribution in [0.2, 0.25) is 4.82 Å². The van der Waals surface area contributed by atoms with Crippen molar-refractivity contribution in [3.63, 3.8) is 0 Å². The topological polar surface area (TPSA) is 17.1 Å². The summed E-state index contributed by atoms with van der Waals surface area (Å²) < 4.78 is 1.27. The first-order valence-electron chi connectivity index (χ1n) is 5.72. The Morgan fingerprint density at radius 3 is 2.75 bits per heavy atom. The Morgan fingerprint density at radius 1 is 1.25 bits per heavy atom. The molecule has 0 bridgehead atoms. The van der Waals surface area contributed by atoms with Crippen LogP contribution in [-0.4, -0.2) is 20.7 Å². The molecule has 1 unspecified atom stereocenters. The summed E-state index contributed by atoms with van der Waals surface area (Å²) in [5, 5.41) is 0. The van der Waals surface area contributed by atoms with Gasteiger partial charge in [-0.3, -0.25) is 0 Å². The number of benzene rings is 1. The average molecular weight is 279 g/mol. The van der Waals surface area contributed by atoms with Gasteiger partial charge in [0.1, 0.15) is 0 Å². The van der Waals surface area contributed by atoms with E-state index in [1.807, 2.05) is 24.3 Å². The Morgan fingerprint density at radius 2 is 2.00 bits per heavy atom. The van der Waals surface area contributed by atoms with Gasteiger partial charge in [-0.15, -0.1) is 0 Å². The zero-order valence-corrected chi connectivity index (χ0v) is 11.2. The molecule has 0 fully saturated rings. The average Bonchev–Trinajstić information content (AvgIpc) is 2.27. The molecule has 84 valence electrons. The quantitative estimate of drug-likeness (QED) is 0.721. The predicted octanol–water partition coefficient (Wildman–Crippen LogP) is 3.29. The molecule has 0 spiro atoms. The number of rotatable bonds is 1. The van der Waals surface area contributed by atoms with Crippen LogP contribution in [0.5, 0.6) is 0 Å². The Hall–Kier alpha value is -0.851. The standard InChI is InChI=1S/C14H16OSe/c1-11-6-5-9-13(15)10-14(16-11)12-7-3-2-4-8-12/h2-4,7-8,10-11H,5-6,9H2,1H3/b14-10-. The summed E-state index contributed by atoms with van der Waals surface area (Å²) in [4.78, 5) is 12.4. The van der Waals surface area contributed by atoms with Gasteiger partial charge < -0.3 is 0 Å². The van der Waals surface area contributed by atoms with Crippen molar-refractivity contribution in [2.24, 2.45) is 0 Å². The fraction of sp³-hybridized carbons (Fsp3) is 0.357. The zero-order valence-electron chi connectivity index (χ0n) is 9.48. The van der Waals surface area contributed by atoms with Crippen LogP contribution in [0.15, 0.2) is 36.4 Å². The number of hydrogen-bond acceptors (Lipinski definition) is 1. The Balaban J connectivity index is 2.28. The van der Waals surface area contributed by atoms with Gasteiger partial charge in [0.2, 0.25) is 0 Å². The summed E-state index contributed by atoms with van der Waals surface area (Å²) in [6, 6.07) is 10.3. The van der Waals surface area contributed by atoms with E-state index in [-0.39, 0.29) is 0 Å². The van der Waals surface area contributed by atoms with Crippen LogP contribution in [0.1, 0.15) is 31.7 Å². The van der Waals surface area contributed by atoms with Crippen molar-refractivity contribution in [1.82, 2.24) is 0 Å². The van der Waals surface area contributed by atoms with Crippen LogP contribution in [0.4, 0.5) is 0 Å². The Kier molecular flexibility index (Phi) is 3.98. The predicted molar refractivity (Wildman–Crippen MR) is 68.5 cm³/mol. The molecule has 0 aromatic heterocycles. The van der Waals surface area contributed by atoms with E-state index in [0.29, 0.717) is 20.7 Å². The monoisotopic (exact) mass is 280 g/mol. The number of carbonyl (C=O) groups is 1. The summed E-state index contributed by atoms with van der Waals surface area (Å²) in [5.41, 5.74) is 1.23. The minimum absolute atomic E-state index is 0.299. The third-order valence-corrected chi connectivity index (χ3v) is 5.33. The molecule has 1 heterocycles. The molecule has 1 aliphatic heterocycles. The van der Waals surface area contributed by atoms with Crippen LogP contribution in [-0.2, 0) is 4.79 Å². The van der Waals surface area contributed by atoms with Crippen LogP contribution < -0.4 is 0 Å². The molecule has 0 aliphatic carbocycles. The van der Waals surface area contributed by atoms with Gasteiger partial charge in [0.05, 0.1) is 0 Å². The molecule has 0 amide bonds. The van der Waals surface area contributed by atoms with Gasteiger partial charge in [0.25, 0.3) is 0 Å². The number of carbonyl (C=O) groups excluding carboxylic acids is 1. The molecule has 0 radical (unpaired) electrons. The molecule has 2 rings (SSSR count). The summed E-state index contributed by atoms with van der Waals surface area (Å²) in [5.74, 6) is 0.299. The fourth-order valence-corrected chi connectivity index (χ4v) is 4.34. The molecular weight excluding hydrogens is 263 g/mol. The molecule has 2 heteroatoms. The first-order valence-corrected chi connectivity index (χ1v) is 7.57. The van der Waals surface area contributed by atoms with E-state index in [1.54, 1.807) is 0 Å². The van der Waals surface area contributed by atoms with Gasteiger partial charge in [0, 0.05) is 0 Å². The van der Waals surface area contributed by atoms with Crippen LogP contribution >= 0.6 is 0 Å². The second-order valence-electron chi connectivity index (χ2n) is 4.16. The molecule has 0 N–H and O–H groups in total. The summed E-state index contributed by atoms with van der Waals surface area (Å²) >= 11 is 0.428. The van der Waals surface area contributed by atoms with Crippen molar-refractivity contribution in [3.8, 4) is 0 Å². The zero-order chi connectivity index (χ0) is 11.4. The van der Waals surface area contributed by atoms with Crippen molar-refractivity contribution in [2.45, 2.75) is 31.0 Å². The molecule has 1 nitrogen and oxygen atoms in total. The first-order chi connectivity index (χ1) is 7.75. The molecular formula is C14H16OSe. The normalized spacial score (nSPS) is 25.4. The van der Waals surface area contributed by atoms with Crippen LogP contribution in [0.25, 0.3) is 4.47 Å². The number of allylic oxidation sites excluding steroid dienone is 1. The van der Waals surface area contributed by atoms with Crippen molar-refractivity contribution < 1.29 is 4.79 Å². The molecule has 1 aromatic carbocycles. The second-order valence-corrected chi connectivity index (χ2v) is 7.27.